The number of likely N-dealkylation sites (tertiary alicyclic amines) is 1. The highest BCUT2D eigenvalue weighted by Crippen LogP contribution is 2.22. The van der Waals surface area contributed by atoms with Gasteiger partial charge in [0, 0.05) is 36.1 Å². The fourth-order valence-electron chi connectivity index (χ4n) is 2.60. The zero-order valence-corrected chi connectivity index (χ0v) is 11.8. The summed E-state index contributed by atoms with van der Waals surface area (Å²) in [6.07, 6.45) is 3.83. The Labute approximate surface area is 119 Å². The molecule has 6 nitrogen and oxygen atoms in total. The topological polar surface area (TPSA) is 84.4 Å². The minimum atomic E-state index is -0.421. The Morgan fingerprint density at radius 1 is 1.35 bits per heavy atom. The van der Waals surface area contributed by atoms with Crippen LogP contribution < -0.4 is 11.1 Å². The SMILES string of the molecule is CC(CNc1cc(N)cc([N+](=O)[O-])c1)N1CCCCC1. The number of nitrogens with zero attached hydrogens (tertiary/aromatic N) is 2. The van der Waals surface area contributed by atoms with Gasteiger partial charge in [-0.15, -0.1) is 0 Å². The van der Waals surface area contributed by atoms with E-state index < -0.39 is 4.92 Å². The van der Waals surface area contributed by atoms with Crippen molar-refractivity contribution in [3.8, 4) is 0 Å². The molecule has 1 fully saturated rings. The van der Waals surface area contributed by atoms with E-state index in [0.717, 1.165) is 19.6 Å². The molecule has 2 rings (SSSR count). The third-order valence-electron chi connectivity index (χ3n) is 3.77. The van der Waals surface area contributed by atoms with Gasteiger partial charge < -0.3 is 11.1 Å². The van der Waals surface area contributed by atoms with E-state index in [9.17, 15) is 10.1 Å². The van der Waals surface area contributed by atoms with E-state index in [-0.39, 0.29) is 5.69 Å². The van der Waals surface area contributed by atoms with Gasteiger partial charge in [-0.2, -0.15) is 0 Å². The Morgan fingerprint density at radius 3 is 2.70 bits per heavy atom. The summed E-state index contributed by atoms with van der Waals surface area (Å²) in [5.41, 5.74) is 6.84. The van der Waals surface area contributed by atoms with E-state index >= 15 is 0 Å². The second-order valence-corrected chi connectivity index (χ2v) is 5.40. The number of nitrogen functional groups attached to an aromatic ring is 1. The van der Waals surface area contributed by atoms with Crippen LogP contribution in [0.1, 0.15) is 26.2 Å². The van der Waals surface area contributed by atoms with Crippen molar-refractivity contribution in [1.82, 2.24) is 4.90 Å². The van der Waals surface area contributed by atoms with E-state index in [4.69, 9.17) is 5.73 Å². The fraction of sp³-hybridized carbons (Fsp3) is 0.571. The quantitative estimate of drug-likeness (QED) is 0.491. The number of nitrogens with one attached hydrogen (secondary N) is 1. The molecule has 1 unspecified atom stereocenters. The molecule has 1 atom stereocenters. The van der Waals surface area contributed by atoms with Gasteiger partial charge in [-0.05, 0) is 38.9 Å². The van der Waals surface area contributed by atoms with Crippen molar-refractivity contribution >= 4 is 17.1 Å². The third kappa shape index (κ3) is 3.84. The molecular formula is C14H22N4O2. The normalized spacial score (nSPS) is 17.6. The zero-order chi connectivity index (χ0) is 14.5. The summed E-state index contributed by atoms with van der Waals surface area (Å²) < 4.78 is 0. The van der Waals surface area contributed by atoms with Crippen LogP contribution in [-0.2, 0) is 0 Å². The second-order valence-electron chi connectivity index (χ2n) is 5.40. The molecule has 1 aromatic carbocycles. The van der Waals surface area contributed by atoms with Crippen LogP contribution >= 0.6 is 0 Å². The predicted octanol–water partition coefficient (Wildman–Crippen LogP) is 2.46. The molecule has 1 heterocycles. The van der Waals surface area contributed by atoms with Crippen LogP contribution in [0.2, 0.25) is 0 Å². The van der Waals surface area contributed by atoms with Crippen molar-refractivity contribution in [2.45, 2.75) is 32.2 Å². The lowest BCUT2D eigenvalue weighted by molar-refractivity contribution is -0.384. The Balaban J connectivity index is 1.94. The molecule has 1 aliphatic heterocycles. The highest BCUT2D eigenvalue weighted by atomic mass is 16.6. The zero-order valence-electron chi connectivity index (χ0n) is 11.8. The molecule has 3 N–H and O–H groups in total. The van der Waals surface area contributed by atoms with Gasteiger partial charge in [0.05, 0.1) is 4.92 Å². The Kier molecular flexibility index (Phi) is 4.79. The average Bonchev–Trinajstić information content (AvgIpc) is 2.45. The standard InChI is InChI=1S/C14H22N4O2/c1-11(17-5-3-2-4-6-17)10-16-13-7-12(15)8-14(9-13)18(19)20/h7-9,11,16H,2-6,10,15H2,1H3. The summed E-state index contributed by atoms with van der Waals surface area (Å²) in [5.74, 6) is 0. The predicted molar refractivity (Wildman–Crippen MR) is 80.9 cm³/mol. The lowest BCUT2D eigenvalue weighted by Gasteiger charge is -2.32. The Hall–Kier alpha value is -1.82. The maximum atomic E-state index is 10.8. The van der Waals surface area contributed by atoms with Crippen LogP contribution in [0, 0.1) is 10.1 Å². The maximum Gasteiger partial charge on any atom is 0.273 e. The first-order chi connectivity index (χ1) is 9.56. The molecule has 6 heteroatoms. The van der Waals surface area contributed by atoms with Crippen LogP contribution in [0.3, 0.4) is 0 Å². The largest absolute Gasteiger partial charge is 0.398 e. The van der Waals surface area contributed by atoms with Crippen molar-refractivity contribution in [3.05, 3.63) is 28.3 Å². The first-order valence-electron chi connectivity index (χ1n) is 7.09. The lowest BCUT2D eigenvalue weighted by atomic mass is 10.1. The minimum absolute atomic E-state index is 0.0260. The number of hydrogen-bond donors (Lipinski definition) is 2. The molecule has 0 amide bonds. The molecule has 20 heavy (non-hydrogen) atoms. The van der Waals surface area contributed by atoms with E-state index in [1.807, 2.05) is 0 Å². The smallest absolute Gasteiger partial charge is 0.273 e. The molecule has 1 aliphatic rings. The molecule has 1 saturated heterocycles. The van der Waals surface area contributed by atoms with Gasteiger partial charge in [-0.25, -0.2) is 0 Å². The molecule has 110 valence electrons. The van der Waals surface area contributed by atoms with E-state index in [1.165, 1.54) is 31.4 Å². The number of non-ortho nitro benzene ring substituents is 1. The number of benzene rings is 1. The van der Waals surface area contributed by atoms with Gasteiger partial charge in [0.1, 0.15) is 0 Å². The highest BCUT2D eigenvalue weighted by Gasteiger charge is 2.16. The number of nitro groups is 1. The van der Waals surface area contributed by atoms with Crippen molar-refractivity contribution in [2.24, 2.45) is 0 Å². The number of anilines is 2. The van der Waals surface area contributed by atoms with Crippen LogP contribution in [-0.4, -0.2) is 35.5 Å². The third-order valence-corrected chi connectivity index (χ3v) is 3.77. The minimum Gasteiger partial charge on any atom is -0.398 e. The van der Waals surface area contributed by atoms with Crippen LogP contribution in [0.4, 0.5) is 17.1 Å². The van der Waals surface area contributed by atoms with Crippen LogP contribution in [0.25, 0.3) is 0 Å². The number of nitrogens with two attached hydrogens (primary N) is 1. The number of rotatable bonds is 5. The average molecular weight is 278 g/mol. The van der Waals surface area contributed by atoms with Crippen molar-refractivity contribution in [2.75, 3.05) is 30.7 Å². The van der Waals surface area contributed by atoms with E-state index in [1.54, 1.807) is 6.07 Å². The van der Waals surface area contributed by atoms with E-state index in [0.29, 0.717) is 17.4 Å². The Bertz CT molecular complexity index is 472. The summed E-state index contributed by atoms with van der Waals surface area (Å²) in [5, 5.41) is 14.1. The van der Waals surface area contributed by atoms with Crippen LogP contribution in [0.15, 0.2) is 18.2 Å². The maximum absolute atomic E-state index is 10.8. The van der Waals surface area contributed by atoms with Gasteiger partial charge in [0.25, 0.3) is 5.69 Å². The van der Waals surface area contributed by atoms with Crippen molar-refractivity contribution in [3.63, 3.8) is 0 Å². The lowest BCUT2D eigenvalue weighted by Crippen LogP contribution is -2.41. The van der Waals surface area contributed by atoms with Crippen molar-refractivity contribution < 1.29 is 4.92 Å². The number of hydrogen-bond acceptors (Lipinski definition) is 5. The van der Waals surface area contributed by atoms with Gasteiger partial charge >= 0.3 is 0 Å². The van der Waals surface area contributed by atoms with Gasteiger partial charge in [0.15, 0.2) is 0 Å². The molecule has 0 aromatic heterocycles. The molecule has 0 aliphatic carbocycles. The molecule has 1 aromatic rings. The van der Waals surface area contributed by atoms with Crippen molar-refractivity contribution in [1.29, 1.82) is 0 Å². The summed E-state index contributed by atoms with van der Waals surface area (Å²) >= 11 is 0. The first kappa shape index (κ1) is 14.6. The second kappa shape index (κ2) is 6.56. The summed E-state index contributed by atoms with van der Waals surface area (Å²) in [6.45, 7) is 5.22. The van der Waals surface area contributed by atoms with Gasteiger partial charge in [-0.3, -0.25) is 15.0 Å². The molecule has 0 radical (unpaired) electrons. The van der Waals surface area contributed by atoms with Crippen LogP contribution in [0.5, 0.6) is 0 Å². The first-order valence-corrected chi connectivity index (χ1v) is 7.09. The molecule has 0 spiro atoms. The monoisotopic (exact) mass is 278 g/mol. The van der Waals surface area contributed by atoms with E-state index in [2.05, 4.69) is 17.1 Å². The number of piperidine rings is 1. The highest BCUT2D eigenvalue weighted by molar-refractivity contribution is 5.61. The summed E-state index contributed by atoms with van der Waals surface area (Å²) in [6, 6.07) is 5.05. The Morgan fingerprint density at radius 2 is 2.05 bits per heavy atom. The fourth-order valence-corrected chi connectivity index (χ4v) is 2.60. The van der Waals surface area contributed by atoms with Gasteiger partial charge in [0.2, 0.25) is 0 Å². The number of nitro benzene ring substituents is 1. The summed E-state index contributed by atoms with van der Waals surface area (Å²) in [4.78, 5) is 12.8. The molecule has 0 saturated carbocycles. The molecule has 0 bridgehead atoms. The van der Waals surface area contributed by atoms with Gasteiger partial charge in [-0.1, -0.05) is 6.42 Å². The summed E-state index contributed by atoms with van der Waals surface area (Å²) in [7, 11) is 0. The molecular weight excluding hydrogens is 256 g/mol.